The van der Waals surface area contributed by atoms with Crippen molar-refractivity contribution in [3.8, 4) is 23.1 Å². The molecule has 0 aliphatic rings. The molecule has 0 saturated heterocycles. The molecule has 0 unspecified atom stereocenters. The summed E-state index contributed by atoms with van der Waals surface area (Å²) in [6.07, 6.45) is 2.07. The Morgan fingerprint density at radius 2 is 2.06 bits per heavy atom. The lowest BCUT2D eigenvalue weighted by Gasteiger charge is -2.10. The van der Waals surface area contributed by atoms with E-state index in [-0.39, 0.29) is 6.42 Å². The molecule has 2 N–H and O–H groups in total. The molecule has 160 valence electrons. The molecular formula is C24H20N4O3S. The Hall–Kier alpha value is -3.96. The molecule has 4 aromatic rings. The topological polar surface area (TPSA) is 108 Å². The minimum Gasteiger partial charge on any atom is -0.496 e. The van der Waals surface area contributed by atoms with E-state index in [1.165, 1.54) is 24.8 Å². The molecule has 0 saturated carbocycles. The first kappa shape index (κ1) is 21.3. The summed E-state index contributed by atoms with van der Waals surface area (Å²) in [5.41, 5.74) is 3.15. The standard InChI is InChI=1S/C24H20N4O3S/c1-31-20-10-15(6-7-16(20)11-24(29)30)19-12-23(28-14-27-19)26-9-8-18-17-4-2-3-5-21(17)32-22(18)13-25/h2-7,10,12,14H,8-9,11H2,1H3,(H,29,30)(H,26,27,28). The van der Waals surface area contributed by atoms with Crippen molar-refractivity contribution in [1.82, 2.24) is 9.97 Å². The van der Waals surface area contributed by atoms with Gasteiger partial charge in [0, 0.05) is 28.4 Å². The van der Waals surface area contributed by atoms with Gasteiger partial charge in [0.2, 0.25) is 0 Å². The van der Waals surface area contributed by atoms with Crippen molar-refractivity contribution in [1.29, 1.82) is 5.26 Å². The lowest BCUT2D eigenvalue weighted by Crippen LogP contribution is -2.07. The van der Waals surface area contributed by atoms with E-state index in [1.54, 1.807) is 12.1 Å². The highest BCUT2D eigenvalue weighted by Crippen LogP contribution is 2.31. The SMILES string of the molecule is COc1cc(-c2cc(NCCc3c(C#N)sc4ccccc34)ncn2)ccc1CC(=O)O. The molecule has 2 aromatic carbocycles. The highest BCUT2D eigenvalue weighted by molar-refractivity contribution is 7.19. The second-order valence-electron chi connectivity index (χ2n) is 7.08. The van der Waals surface area contributed by atoms with Gasteiger partial charge in [0.25, 0.3) is 0 Å². The van der Waals surface area contributed by atoms with Crippen LogP contribution in [0, 0.1) is 11.3 Å². The molecule has 0 spiro atoms. The van der Waals surface area contributed by atoms with Gasteiger partial charge in [-0.1, -0.05) is 30.3 Å². The smallest absolute Gasteiger partial charge is 0.307 e. The van der Waals surface area contributed by atoms with E-state index >= 15 is 0 Å². The van der Waals surface area contributed by atoms with Crippen LogP contribution in [0.5, 0.6) is 5.75 Å². The van der Waals surface area contributed by atoms with Crippen molar-refractivity contribution in [2.45, 2.75) is 12.8 Å². The Balaban J connectivity index is 1.50. The van der Waals surface area contributed by atoms with Gasteiger partial charge < -0.3 is 15.2 Å². The summed E-state index contributed by atoms with van der Waals surface area (Å²) in [6, 6.07) is 17.5. The van der Waals surface area contributed by atoms with Gasteiger partial charge in [-0.15, -0.1) is 11.3 Å². The molecule has 0 bridgehead atoms. The second-order valence-corrected chi connectivity index (χ2v) is 8.13. The molecule has 0 amide bonds. The normalized spacial score (nSPS) is 10.6. The van der Waals surface area contributed by atoms with E-state index in [4.69, 9.17) is 9.84 Å². The van der Waals surface area contributed by atoms with Gasteiger partial charge in [-0.3, -0.25) is 4.79 Å². The van der Waals surface area contributed by atoms with Crippen LogP contribution >= 0.6 is 11.3 Å². The third kappa shape index (κ3) is 4.53. The Morgan fingerprint density at radius 1 is 1.22 bits per heavy atom. The van der Waals surface area contributed by atoms with E-state index in [9.17, 15) is 10.1 Å². The van der Waals surface area contributed by atoms with Crippen molar-refractivity contribution < 1.29 is 14.6 Å². The lowest BCUT2D eigenvalue weighted by atomic mass is 10.1. The number of carbonyl (C=O) groups is 1. The fourth-order valence-electron chi connectivity index (χ4n) is 3.58. The molecule has 0 aliphatic carbocycles. The van der Waals surface area contributed by atoms with Crippen LogP contribution in [0.25, 0.3) is 21.3 Å². The number of nitriles is 1. The summed E-state index contributed by atoms with van der Waals surface area (Å²) >= 11 is 1.51. The number of aliphatic carboxylic acids is 1. The lowest BCUT2D eigenvalue weighted by molar-refractivity contribution is -0.136. The Morgan fingerprint density at radius 3 is 2.84 bits per heavy atom. The number of hydrogen-bond donors (Lipinski definition) is 2. The summed E-state index contributed by atoms with van der Waals surface area (Å²) in [5, 5.41) is 23.0. The summed E-state index contributed by atoms with van der Waals surface area (Å²) in [7, 11) is 1.51. The van der Waals surface area contributed by atoms with Crippen LogP contribution in [0.15, 0.2) is 54.9 Å². The van der Waals surface area contributed by atoms with E-state index in [0.29, 0.717) is 35.8 Å². The van der Waals surface area contributed by atoms with Crippen LogP contribution in [0.4, 0.5) is 5.82 Å². The number of aromatic nitrogens is 2. The molecule has 8 heteroatoms. The Labute approximate surface area is 189 Å². The molecule has 0 atom stereocenters. The van der Waals surface area contributed by atoms with E-state index in [0.717, 1.165) is 26.1 Å². The second kappa shape index (κ2) is 9.45. The van der Waals surface area contributed by atoms with Crippen LogP contribution in [-0.4, -0.2) is 34.7 Å². The van der Waals surface area contributed by atoms with Gasteiger partial charge in [-0.05, 0) is 29.5 Å². The molecule has 0 radical (unpaired) electrons. The number of fused-ring (bicyclic) bond motifs is 1. The van der Waals surface area contributed by atoms with Crippen molar-refractivity contribution in [2.24, 2.45) is 0 Å². The molecule has 2 aromatic heterocycles. The number of rotatable bonds is 8. The molecular weight excluding hydrogens is 424 g/mol. The van der Waals surface area contributed by atoms with Gasteiger partial charge >= 0.3 is 5.97 Å². The largest absolute Gasteiger partial charge is 0.496 e. The van der Waals surface area contributed by atoms with E-state index < -0.39 is 5.97 Å². The van der Waals surface area contributed by atoms with E-state index in [1.807, 2.05) is 36.4 Å². The van der Waals surface area contributed by atoms with Gasteiger partial charge in [0.1, 0.15) is 28.8 Å². The zero-order valence-electron chi connectivity index (χ0n) is 17.3. The number of carboxylic acid groups (broad SMARTS) is 1. The zero-order valence-corrected chi connectivity index (χ0v) is 18.1. The quantitative estimate of drug-likeness (QED) is 0.411. The first-order chi connectivity index (χ1) is 15.6. The molecule has 32 heavy (non-hydrogen) atoms. The fraction of sp³-hybridized carbons (Fsp3) is 0.167. The minimum atomic E-state index is -0.914. The third-order valence-electron chi connectivity index (χ3n) is 5.07. The van der Waals surface area contributed by atoms with Crippen LogP contribution < -0.4 is 10.1 Å². The third-order valence-corrected chi connectivity index (χ3v) is 6.19. The predicted molar refractivity (Wildman–Crippen MR) is 124 cm³/mol. The number of hydrogen-bond acceptors (Lipinski definition) is 7. The summed E-state index contributed by atoms with van der Waals surface area (Å²) in [5.74, 6) is 0.260. The maximum absolute atomic E-state index is 11.0. The summed E-state index contributed by atoms with van der Waals surface area (Å²) in [6.45, 7) is 0.618. The van der Waals surface area contributed by atoms with Crippen molar-refractivity contribution in [2.75, 3.05) is 19.0 Å². The van der Waals surface area contributed by atoms with E-state index in [2.05, 4.69) is 21.4 Å². The maximum Gasteiger partial charge on any atom is 0.307 e. The Kier molecular flexibility index (Phi) is 6.29. The number of anilines is 1. The number of thiophene rings is 1. The first-order valence-electron chi connectivity index (χ1n) is 9.94. The highest BCUT2D eigenvalue weighted by atomic mass is 32.1. The van der Waals surface area contributed by atoms with Crippen molar-refractivity contribution in [3.05, 3.63) is 70.9 Å². The van der Waals surface area contributed by atoms with Gasteiger partial charge in [-0.2, -0.15) is 5.26 Å². The number of ether oxygens (including phenoxy) is 1. The van der Waals surface area contributed by atoms with Crippen LogP contribution in [0.1, 0.15) is 16.0 Å². The van der Waals surface area contributed by atoms with Crippen molar-refractivity contribution in [3.63, 3.8) is 0 Å². The zero-order chi connectivity index (χ0) is 22.5. The van der Waals surface area contributed by atoms with Gasteiger partial charge in [0.15, 0.2) is 0 Å². The average Bonchev–Trinajstić information content (AvgIpc) is 3.17. The fourth-order valence-corrected chi connectivity index (χ4v) is 4.63. The molecule has 7 nitrogen and oxygen atoms in total. The molecule has 4 rings (SSSR count). The number of nitrogens with zero attached hydrogens (tertiary/aromatic N) is 3. The molecule has 0 fully saturated rings. The summed E-state index contributed by atoms with van der Waals surface area (Å²) < 4.78 is 6.47. The number of benzene rings is 2. The monoisotopic (exact) mass is 444 g/mol. The number of methoxy groups -OCH3 is 1. The molecule has 0 aliphatic heterocycles. The Bertz CT molecular complexity index is 1330. The van der Waals surface area contributed by atoms with Crippen LogP contribution in [0.3, 0.4) is 0 Å². The summed E-state index contributed by atoms with van der Waals surface area (Å²) in [4.78, 5) is 20.4. The van der Waals surface area contributed by atoms with Crippen LogP contribution in [0.2, 0.25) is 0 Å². The van der Waals surface area contributed by atoms with Gasteiger partial charge in [-0.25, -0.2) is 9.97 Å². The first-order valence-corrected chi connectivity index (χ1v) is 10.8. The van der Waals surface area contributed by atoms with Gasteiger partial charge in [0.05, 0.1) is 19.2 Å². The number of nitrogens with one attached hydrogen (secondary N) is 1. The average molecular weight is 445 g/mol. The highest BCUT2D eigenvalue weighted by Gasteiger charge is 2.13. The minimum absolute atomic E-state index is 0.109. The predicted octanol–water partition coefficient (Wildman–Crippen LogP) is 4.52. The van der Waals surface area contributed by atoms with Crippen LogP contribution in [-0.2, 0) is 17.6 Å². The van der Waals surface area contributed by atoms with Crippen molar-refractivity contribution >= 4 is 33.2 Å². The molecule has 2 heterocycles. The number of carboxylic acids is 1. The maximum atomic E-state index is 11.0.